The number of amides is 2. The van der Waals surface area contributed by atoms with Crippen molar-refractivity contribution in [3.63, 3.8) is 0 Å². The fourth-order valence-corrected chi connectivity index (χ4v) is 2.17. The van der Waals surface area contributed by atoms with Gasteiger partial charge in [-0.2, -0.15) is 0 Å². The van der Waals surface area contributed by atoms with E-state index < -0.39 is 0 Å². The molecule has 1 aromatic carbocycles. The average molecular weight is 334 g/mol. The number of ether oxygens (including phenoxy) is 1. The van der Waals surface area contributed by atoms with E-state index in [1.54, 1.807) is 0 Å². The molecule has 0 fully saturated rings. The molecule has 1 atom stereocenters. The Morgan fingerprint density at radius 3 is 2.46 bits per heavy atom. The zero-order chi connectivity index (χ0) is 18.2. The molecule has 0 bridgehead atoms. The molecular weight excluding hydrogens is 304 g/mol. The standard InChI is InChI=1S/C19H30N2O3/c1-6-14(2)21-17(22)11-12-20-18(23)13-24-16-10-8-7-9-15(16)19(3,4)5/h7-10,14H,6,11-13H2,1-5H3,(H,20,23)(H,21,22). The monoisotopic (exact) mass is 334 g/mol. The van der Waals surface area contributed by atoms with Crippen LogP contribution in [0, 0.1) is 0 Å². The maximum absolute atomic E-state index is 11.9. The Kier molecular flexibility index (Phi) is 7.75. The lowest BCUT2D eigenvalue weighted by Crippen LogP contribution is -2.36. The Labute approximate surface area is 145 Å². The fourth-order valence-electron chi connectivity index (χ4n) is 2.17. The Morgan fingerprint density at radius 2 is 1.83 bits per heavy atom. The second-order valence-electron chi connectivity index (χ2n) is 7.01. The number of nitrogens with one attached hydrogen (secondary N) is 2. The van der Waals surface area contributed by atoms with Crippen LogP contribution < -0.4 is 15.4 Å². The molecule has 5 nitrogen and oxygen atoms in total. The first-order valence-corrected chi connectivity index (χ1v) is 8.52. The summed E-state index contributed by atoms with van der Waals surface area (Å²) in [6.07, 6.45) is 1.16. The van der Waals surface area contributed by atoms with Gasteiger partial charge in [-0.25, -0.2) is 0 Å². The first kappa shape index (κ1) is 20.0. The first-order valence-electron chi connectivity index (χ1n) is 8.52. The molecule has 0 saturated heterocycles. The van der Waals surface area contributed by atoms with Crippen LogP contribution in [0.2, 0.25) is 0 Å². The van der Waals surface area contributed by atoms with Gasteiger partial charge in [0.15, 0.2) is 6.61 Å². The van der Waals surface area contributed by atoms with Crippen LogP contribution in [0.4, 0.5) is 0 Å². The van der Waals surface area contributed by atoms with E-state index in [0.717, 1.165) is 17.7 Å². The SMILES string of the molecule is CCC(C)NC(=O)CCNC(=O)COc1ccccc1C(C)(C)C. The second kappa shape index (κ2) is 9.30. The normalized spacial score (nSPS) is 12.4. The van der Waals surface area contributed by atoms with Gasteiger partial charge >= 0.3 is 0 Å². The zero-order valence-electron chi connectivity index (χ0n) is 15.4. The highest BCUT2D eigenvalue weighted by Gasteiger charge is 2.18. The van der Waals surface area contributed by atoms with Crippen LogP contribution in [-0.4, -0.2) is 31.0 Å². The molecule has 5 heteroatoms. The van der Waals surface area contributed by atoms with Crippen LogP contribution in [0.25, 0.3) is 0 Å². The molecule has 24 heavy (non-hydrogen) atoms. The summed E-state index contributed by atoms with van der Waals surface area (Å²) in [5, 5.41) is 5.57. The molecule has 2 N–H and O–H groups in total. The van der Waals surface area contributed by atoms with Crippen LogP contribution in [0.5, 0.6) is 5.75 Å². The minimum absolute atomic E-state index is 0.0522. The highest BCUT2D eigenvalue weighted by molar-refractivity contribution is 5.79. The highest BCUT2D eigenvalue weighted by atomic mass is 16.5. The van der Waals surface area contributed by atoms with Gasteiger partial charge in [0.2, 0.25) is 5.91 Å². The number of para-hydroxylation sites is 1. The molecule has 0 radical (unpaired) electrons. The largest absolute Gasteiger partial charge is 0.483 e. The van der Waals surface area contributed by atoms with Gasteiger partial charge in [-0.15, -0.1) is 0 Å². The van der Waals surface area contributed by atoms with Crippen molar-refractivity contribution in [1.29, 1.82) is 0 Å². The van der Waals surface area contributed by atoms with Gasteiger partial charge in [-0.3, -0.25) is 9.59 Å². The van der Waals surface area contributed by atoms with Crippen molar-refractivity contribution >= 4 is 11.8 Å². The minimum atomic E-state index is -0.227. The van der Waals surface area contributed by atoms with Crippen LogP contribution in [0.1, 0.15) is 53.0 Å². The molecule has 0 aromatic heterocycles. The van der Waals surface area contributed by atoms with Crippen LogP contribution >= 0.6 is 0 Å². The van der Waals surface area contributed by atoms with Gasteiger partial charge in [-0.1, -0.05) is 45.9 Å². The van der Waals surface area contributed by atoms with Crippen molar-refractivity contribution in [3.05, 3.63) is 29.8 Å². The summed E-state index contributed by atoms with van der Waals surface area (Å²) in [5.41, 5.74) is 1.01. The smallest absolute Gasteiger partial charge is 0.257 e. The maximum atomic E-state index is 11.9. The number of hydrogen-bond donors (Lipinski definition) is 2. The summed E-state index contributed by atoms with van der Waals surface area (Å²) >= 11 is 0. The van der Waals surface area contributed by atoms with Gasteiger partial charge in [0.25, 0.3) is 5.91 Å². The van der Waals surface area contributed by atoms with Gasteiger partial charge in [0, 0.05) is 19.0 Å². The number of rotatable bonds is 8. The lowest BCUT2D eigenvalue weighted by atomic mass is 9.86. The number of carbonyl (C=O) groups excluding carboxylic acids is 2. The molecule has 0 spiro atoms. The third-order valence-corrected chi connectivity index (χ3v) is 3.75. The number of hydrogen-bond acceptors (Lipinski definition) is 3. The molecule has 1 rings (SSSR count). The first-order chi connectivity index (χ1) is 11.2. The molecular formula is C19H30N2O3. The Hall–Kier alpha value is -2.04. The topological polar surface area (TPSA) is 67.4 Å². The van der Waals surface area contributed by atoms with Crippen molar-refractivity contribution in [2.45, 2.75) is 58.9 Å². The summed E-state index contributed by atoms with van der Waals surface area (Å²) in [4.78, 5) is 23.5. The van der Waals surface area contributed by atoms with E-state index in [-0.39, 0.29) is 36.3 Å². The van der Waals surface area contributed by atoms with Crippen molar-refractivity contribution in [3.8, 4) is 5.75 Å². The third-order valence-electron chi connectivity index (χ3n) is 3.75. The van der Waals surface area contributed by atoms with E-state index >= 15 is 0 Å². The van der Waals surface area contributed by atoms with Gasteiger partial charge < -0.3 is 15.4 Å². The third kappa shape index (κ3) is 7.02. The molecule has 1 unspecified atom stereocenters. The number of benzene rings is 1. The molecule has 0 aliphatic rings. The highest BCUT2D eigenvalue weighted by Crippen LogP contribution is 2.30. The molecule has 1 aromatic rings. The molecule has 2 amide bonds. The lowest BCUT2D eigenvalue weighted by molar-refractivity contribution is -0.123. The second-order valence-corrected chi connectivity index (χ2v) is 7.01. The Bertz CT molecular complexity index is 550. The van der Waals surface area contributed by atoms with Crippen molar-refractivity contribution in [1.82, 2.24) is 10.6 Å². The van der Waals surface area contributed by atoms with E-state index in [9.17, 15) is 9.59 Å². The predicted molar refractivity (Wildman–Crippen MR) is 96.2 cm³/mol. The Balaban J connectivity index is 2.39. The van der Waals surface area contributed by atoms with E-state index in [0.29, 0.717) is 6.54 Å². The van der Waals surface area contributed by atoms with E-state index in [1.807, 2.05) is 38.1 Å². The molecule has 134 valence electrons. The molecule has 0 saturated carbocycles. The van der Waals surface area contributed by atoms with Crippen molar-refractivity contribution < 1.29 is 14.3 Å². The number of carbonyl (C=O) groups is 2. The van der Waals surface area contributed by atoms with Crippen LogP contribution in [0.15, 0.2) is 24.3 Å². The quantitative estimate of drug-likeness (QED) is 0.768. The van der Waals surface area contributed by atoms with Crippen molar-refractivity contribution in [2.75, 3.05) is 13.2 Å². The molecule has 0 aliphatic carbocycles. The molecule has 0 aliphatic heterocycles. The Morgan fingerprint density at radius 1 is 1.17 bits per heavy atom. The maximum Gasteiger partial charge on any atom is 0.257 e. The van der Waals surface area contributed by atoms with E-state index in [4.69, 9.17) is 4.74 Å². The van der Waals surface area contributed by atoms with Crippen LogP contribution in [-0.2, 0) is 15.0 Å². The lowest BCUT2D eigenvalue weighted by Gasteiger charge is -2.22. The van der Waals surface area contributed by atoms with E-state index in [1.165, 1.54) is 0 Å². The van der Waals surface area contributed by atoms with Crippen molar-refractivity contribution in [2.24, 2.45) is 0 Å². The fraction of sp³-hybridized carbons (Fsp3) is 0.579. The minimum Gasteiger partial charge on any atom is -0.483 e. The van der Waals surface area contributed by atoms with E-state index in [2.05, 4.69) is 31.4 Å². The van der Waals surface area contributed by atoms with Crippen LogP contribution in [0.3, 0.4) is 0 Å². The van der Waals surface area contributed by atoms with Gasteiger partial charge in [0.1, 0.15) is 5.75 Å². The molecule has 0 heterocycles. The summed E-state index contributed by atoms with van der Waals surface area (Å²) in [6, 6.07) is 7.89. The summed E-state index contributed by atoms with van der Waals surface area (Å²) in [7, 11) is 0. The summed E-state index contributed by atoms with van der Waals surface area (Å²) in [5.74, 6) is 0.438. The predicted octanol–water partition coefficient (Wildman–Crippen LogP) is 2.78. The average Bonchev–Trinajstić information content (AvgIpc) is 2.52. The summed E-state index contributed by atoms with van der Waals surface area (Å²) in [6.45, 7) is 10.5. The zero-order valence-corrected chi connectivity index (χ0v) is 15.4. The van der Waals surface area contributed by atoms with Gasteiger partial charge in [-0.05, 0) is 30.4 Å². The summed E-state index contributed by atoms with van der Waals surface area (Å²) < 4.78 is 5.65. The van der Waals surface area contributed by atoms with Gasteiger partial charge in [0.05, 0.1) is 0 Å².